The number of hydrogen-bond acceptors (Lipinski definition) is 3. The van der Waals surface area contributed by atoms with Gasteiger partial charge in [0.25, 0.3) is 0 Å². The number of sulfone groups is 1. The first-order valence-electron chi connectivity index (χ1n) is 10.1. The number of fused-ring (bicyclic) bond motifs is 2. The van der Waals surface area contributed by atoms with Crippen molar-refractivity contribution in [3.63, 3.8) is 0 Å². The molecular weight excluding hydrogens is 402 g/mol. The molecule has 1 heterocycles. The second kappa shape index (κ2) is 9.75. The Morgan fingerprint density at radius 3 is 2.38 bits per heavy atom. The molecule has 0 unspecified atom stereocenters. The van der Waals surface area contributed by atoms with Gasteiger partial charge in [0, 0.05) is 18.5 Å². The van der Waals surface area contributed by atoms with E-state index in [2.05, 4.69) is 29.2 Å². The van der Waals surface area contributed by atoms with Gasteiger partial charge in [-0.2, -0.15) is 0 Å². The second-order valence-electron chi connectivity index (χ2n) is 7.65. The van der Waals surface area contributed by atoms with Crippen molar-refractivity contribution in [1.82, 2.24) is 4.90 Å². The predicted octanol–water partition coefficient (Wildman–Crippen LogP) is 5.26. The molecule has 5 heteroatoms. The Balaban J connectivity index is 0.00000240. The summed E-state index contributed by atoms with van der Waals surface area (Å²) >= 11 is 0. The van der Waals surface area contributed by atoms with E-state index in [1.54, 1.807) is 6.07 Å². The van der Waals surface area contributed by atoms with Crippen LogP contribution in [-0.2, 0) is 22.8 Å². The van der Waals surface area contributed by atoms with Gasteiger partial charge in [0.1, 0.15) is 0 Å². The van der Waals surface area contributed by atoms with Gasteiger partial charge in [0.15, 0.2) is 9.84 Å². The van der Waals surface area contributed by atoms with Gasteiger partial charge in [-0.25, -0.2) is 8.42 Å². The molecule has 0 saturated heterocycles. The van der Waals surface area contributed by atoms with E-state index < -0.39 is 9.84 Å². The number of unbranched alkanes of at least 4 members (excludes halogenated alkanes) is 2. The first-order chi connectivity index (χ1) is 13.6. The Labute approximate surface area is 180 Å². The molecule has 3 nitrogen and oxygen atoms in total. The van der Waals surface area contributed by atoms with Crippen LogP contribution in [0.15, 0.2) is 71.6 Å². The lowest BCUT2D eigenvalue weighted by Crippen LogP contribution is -2.31. The molecule has 0 radical (unpaired) electrons. The molecule has 0 bridgehead atoms. The van der Waals surface area contributed by atoms with Crippen molar-refractivity contribution in [3.8, 4) is 0 Å². The quantitative estimate of drug-likeness (QED) is 0.480. The summed E-state index contributed by atoms with van der Waals surface area (Å²) in [5.74, 6) is 0.226. The monoisotopic (exact) mass is 429 g/mol. The van der Waals surface area contributed by atoms with Gasteiger partial charge in [-0.15, -0.1) is 12.4 Å². The summed E-state index contributed by atoms with van der Waals surface area (Å²) in [7, 11) is -3.25. The van der Waals surface area contributed by atoms with E-state index in [1.807, 2.05) is 36.4 Å². The van der Waals surface area contributed by atoms with E-state index in [9.17, 15) is 8.42 Å². The summed E-state index contributed by atoms with van der Waals surface area (Å²) in [6.45, 7) is 3.17. The summed E-state index contributed by atoms with van der Waals surface area (Å²) in [5.41, 5.74) is 2.91. The third kappa shape index (κ3) is 5.19. The zero-order valence-corrected chi connectivity index (χ0v) is 18.2. The third-order valence-electron chi connectivity index (χ3n) is 5.68. The lowest BCUT2D eigenvalue weighted by atomic mass is 10.00. The van der Waals surface area contributed by atoms with Crippen molar-refractivity contribution < 1.29 is 8.42 Å². The summed E-state index contributed by atoms with van der Waals surface area (Å²) in [5, 5.41) is 1.81. The zero-order chi connectivity index (χ0) is 19.4. The number of rotatable bonds is 7. The minimum absolute atomic E-state index is 0. The molecule has 0 N–H and O–H groups in total. The van der Waals surface area contributed by atoms with Crippen LogP contribution in [0.5, 0.6) is 0 Å². The second-order valence-corrected chi connectivity index (χ2v) is 9.73. The summed E-state index contributed by atoms with van der Waals surface area (Å²) in [6, 6.07) is 21.9. The first-order valence-corrected chi connectivity index (χ1v) is 11.8. The molecule has 154 valence electrons. The Morgan fingerprint density at radius 2 is 1.52 bits per heavy atom. The maximum absolute atomic E-state index is 12.8. The zero-order valence-electron chi connectivity index (χ0n) is 16.6. The summed E-state index contributed by atoms with van der Waals surface area (Å²) in [4.78, 5) is 2.96. The first kappa shape index (κ1) is 21.8. The largest absolute Gasteiger partial charge is 0.299 e. The highest BCUT2D eigenvalue weighted by Gasteiger charge is 2.18. The molecule has 0 saturated carbocycles. The van der Waals surface area contributed by atoms with Crippen LogP contribution in [0.4, 0.5) is 0 Å². The van der Waals surface area contributed by atoms with Gasteiger partial charge >= 0.3 is 0 Å². The Bertz CT molecular complexity index is 1060. The van der Waals surface area contributed by atoms with E-state index in [0.717, 1.165) is 56.1 Å². The highest BCUT2D eigenvalue weighted by atomic mass is 35.5. The summed E-state index contributed by atoms with van der Waals surface area (Å²) < 4.78 is 25.7. The van der Waals surface area contributed by atoms with Crippen LogP contribution in [0.1, 0.15) is 30.4 Å². The lowest BCUT2D eigenvalue weighted by Gasteiger charge is -2.28. The van der Waals surface area contributed by atoms with E-state index in [0.29, 0.717) is 4.90 Å². The fraction of sp³-hybridized carbons (Fsp3) is 0.333. The molecule has 4 rings (SSSR count). The molecule has 0 aliphatic carbocycles. The van der Waals surface area contributed by atoms with Crippen molar-refractivity contribution in [3.05, 3.63) is 77.9 Å². The molecule has 0 atom stereocenters. The van der Waals surface area contributed by atoms with Crippen LogP contribution in [0, 0.1) is 0 Å². The molecule has 29 heavy (non-hydrogen) atoms. The van der Waals surface area contributed by atoms with Crippen LogP contribution in [0.25, 0.3) is 10.8 Å². The molecule has 0 fully saturated rings. The Morgan fingerprint density at radius 1 is 0.793 bits per heavy atom. The molecule has 0 amide bonds. The molecule has 0 spiro atoms. The number of nitrogens with zero attached hydrogens (tertiary/aromatic N) is 1. The van der Waals surface area contributed by atoms with Crippen LogP contribution >= 0.6 is 12.4 Å². The maximum atomic E-state index is 12.8. The van der Waals surface area contributed by atoms with Crippen molar-refractivity contribution in [2.75, 3.05) is 18.8 Å². The highest BCUT2D eigenvalue weighted by Crippen LogP contribution is 2.24. The maximum Gasteiger partial charge on any atom is 0.178 e. The average Bonchev–Trinajstić information content (AvgIpc) is 2.73. The highest BCUT2D eigenvalue weighted by molar-refractivity contribution is 7.91. The normalized spacial score (nSPS) is 14.3. The lowest BCUT2D eigenvalue weighted by molar-refractivity contribution is 0.249. The van der Waals surface area contributed by atoms with E-state index in [-0.39, 0.29) is 18.2 Å². The van der Waals surface area contributed by atoms with Crippen molar-refractivity contribution in [2.45, 2.75) is 37.1 Å². The number of hydrogen-bond donors (Lipinski definition) is 0. The topological polar surface area (TPSA) is 37.4 Å². The number of halogens is 1. The third-order valence-corrected chi connectivity index (χ3v) is 7.53. The minimum Gasteiger partial charge on any atom is -0.299 e. The van der Waals surface area contributed by atoms with Gasteiger partial charge in [-0.05, 0) is 48.4 Å². The average molecular weight is 430 g/mol. The Kier molecular flexibility index (Phi) is 7.33. The fourth-order valence-electron chi connectivity index (χ4n) is 4.13. The molecule has 3 aromatic rings. The van der Waals surface area contributed by atoms with Crippen LogP contribution in [0.3, 0.4) is 0 Å². The number of benzene rings is 3. The molecular formula is C24H28ClNO2S. The summed E-state index contributed by atoms with van der Waals surface area (Å²) in [6.07, 6.45) is 3.83. The standard InChI is InChI=1S/C24H27NO2S.ClH/c26-28(27,24-14-8-12-21-10-4-5-13-23(21)24)18-7-1-6-16-25-17-15-20-9-2-3-11-22(20)19-25;/h2-5,8-14H,1,6-7,15-19H2;1H. The van der Waals surface area contributed by atoms with Gasteiger partial charge in [-0.1, -0.05) is 67.1 Å². The van der Waals surface area contributed by atoms with Crippen molar-refractivity contribution in [2.24, 2.45) is 0 Å². The SMILES string of the molecule is Cl.O=S(=O)(CCCCCN1CCc2ccccc2C1)c1cccc2ccccc12. The van der Waals surface area contributed by atoms with Crippen LogP contribution < -0.4 is 0 Å². The Hall–Kier alpha value is -1.88. The minimum atomic E-state index is -3.25. The van der Waals surface area contributed by atoms with Gasteiger partial charge in [0.05, 0.1) is 10.6 Å². The predicted molar refractivity (Wildman–Crippen MR) is 123 cm³/mol. The molecule has 3 aromatic carbocycles. The van der Waals surface area contributed by atoms with Crippen molar-refractivity contribution >= 4 is 33.0 Å². The smallest absolute Gasteiger partial charge is 0.178 e. The van der Waals surface area contributed by atoms with E-state index in [1.165, 1.54) is 11.1 Å². The molecule has 0 aromatic heterocycles. The van der Waals surface area contributed by atoms with Gasteiger partial charge < -0.3 is 0 Å². The van der Waals surface area contributed by atoms with Crippen molar-refractivity contribution in [1.29, 1.82) is 0 Å². The van der Waals surface area contributed by atoms with E-state index in [4.69, 9.17) is 0 Å². The molecule has 1 aliphatic rings. The molecule has 1 aliphatic heterocycles. The van der Waals surface area contributed by atoms with Crippen LogP contribution in [0.2, 0.25) is 0 Å². The van der Waals surface area contributed by atoms with Gasteiger partial charge in [0.2, 0.25) is 0 Å². The fourth-order valence-corrected chi connectivity index (χ4v) is 5.74. The van der Waals surface area contributed by atoms with E-state index >= 15 is 0 Å². The van der Waals surface area contributed by atoms with Gasteiger partial charge in [-0.3, -0.25) is 4.90 Å². The van der Waals surface area contributed by atoms with Crippen LogP contribution in [-0.4, -0.2) is 32.2 Å².